The molecule has 26 heavy (non-hydrogen) atoms. The summed E-state index contributed by atoms with van der Waals surface area (Å²) in [5.74, 6) is 1.28. The summed E-state index contributed by atoms with van der Waals surface area (Å²) in [7, 11) is 0. The molecule has 0 atom stereocenters. The molecule has 4 rings (SSSR count). The maximum Gasteiger partial charge on any atom is 0.417 e. The van der Waals surface area contributed by atoms with Crippen LogP contribution in [0.4, 0.5) is 10.5 Å². The number of hydrogen-bond donors (Lipinski definition) is 2. The van der Waals surface area contributed by atoms with Crippen LogP contribution >= 0.6 is 0 Å². The number of pyridine rings is 1. The molecule has 0 spiro atoms. The highest BCUT2D eigenvalue weighted by Crippen LogP contribution is 2.25. The van der Waals surface area contributed by atoms with E-state index in [1.165, 1.54) is 24.9 Å². The van der Waals surface area contributed by atoms with Crippen molar-refractivity contribution in [3.63, 3.8) is 0 Å². The number of anilines is 1. The molecule has 0 radical (unpaired) electrons. The highest BCUT2D eigenvalue weighted by molar-refractivity contribution is 5.92. The Balaban J connectivity index is 1.40. The third-order valence-corrected chi connectivity index (χ3v) is 3.50. The fourth-order valence-electron chi connectivity index (χ4n) is 2.35. The van der Waals surface area contributed by atoms with Crippen LogP contribution < -0.4 is 14.8 Å². The van der Waals surface area contributed by atoms with E-state index < -0.39 is 6.09 Å². The van der Waals surface area contributed by atoms with Crippen molar-refractivity contribution >= 4 is 22.7 Å². The van der Waals surface area contributed by atoms with Gasteiger partial charge in [0.05, 0.1) is 24.3 Å². The maximum absolute atomic E-state index is 12.1. The molecule has 0 fully saturated rings. The Bertz CT molecular complexity index is 1030. The number of hydrogen-bond acceptors (Lipinski definition) is 6. The first-order chi connectivity index (χ1) is 12.8. The number of ether oxygens (including phenoxy) is 2. The van der Waals surface area contributed by atoms with Crippen LogP contribution in [-0.4, -0.2) is 26.0 Å². The summed E-state index contributed by atoms with van der Waals surface area (Å²) >= 11 is 0. The standard InChI is InChI=1S/C18H13N5O3/c24-18(26-16-10-21-15-4-2-1-3-14(15)16)23-12-5-6-17(22-7-12)25-13-8-19-11-20-9-13/h1-11,21H,(H,23,24). The van der Waals surface area contributed by atoms with Crippen molar-refractivity contribution < 1.29 is 14.3 Å². The van der Waals surface area contributed by atoms with Crippen molar-refractivity contribution in [1.82, 2.24) is 19.9 Å². The molecule has 2 N–H and O–H groups in total. The minimum absolute atomic E-state index is 0.357. The molecular weight excluding hydrogens is 334 g/mol. The lowest BCUT2D eigenvalue weighted by molar-refractivity contribution is 0.215. The summed E-state index contributed by atoms with van der Waals surface area (Å²) in [6.45, 7) is 0. The molecule has 0 aliphatic carbocycles. The lowest BCUT2D eigenvalue weighted by Crippen LogP contribution is -2.16. The van der Waals surface area contributed by atoms with E-state index in [4.69, 9.17) is 9.47 Å². The second-order valence-electron chi connectivity index (χ2n) is 5.27. The molecule has 0 saturated heterocycles. The zero-order valence-electron chi connectivity index (χ0n) is 13.4. The Morgan fingerprint density at radius 3 is 2.69 bits per heavy atom. The number of para-hydroxylation sites is 1. The molecule has 0 bridgehead atoms. The lowest BCUT2D eigenvalue weighted by atomic mass is 10.2. The van der Waals surface area contributed by atoms with Crippen LogP contribution in [0.15, 0.2) is 67.5 Å². The minimum atomic E-state index is -0.610. The van der Waals surface area contributed by atoms with E-state index in [0.29, 0.717) is 23.1 Å². The van der Waals surface area contributed by atoms with E-state index in [1.807, 2.05) is 24.3 Å². The zero-order chi connectivity index (χ0) is 17.8. The summed E-state index contributed by atoms with van der Waals surface area (Å²) in [6.07, 6.45) is 6.96. The number of nitrogens with zero attached hydrogens (tertiary/aromatic N) is 3. The van der Waals surface area contributed by atoms with Gasteiger partial charge < -0.3 is 14.5 Å². The third-order valence-electron chi connectivity index (χ3n) is 3.50. The molecule has 8 nitrogen and oxygen atoms in total. The SMILES string of the molecule is O=C(Nc1ccc(Oc2cncnc2)nc1)Oc1c[nH]c2ccccc12. The molecule has 0 unspecified atom stereocenters. The highest BCUT2D eigenvalue weighted by atomic mass is 16.6. The summed E-state index contributed by atoms with van der Waals surface area (Å²) in [5.41, 5.74) is 1.37. The largest absolute Gasteiger partial charge is 0.436 e. The number of rotatable bonds is 4. The van der Waals surface area contributed by atoms with Gasteiger partial charge in [-0.1, -0.05) is 12.1 Å². The van der Waals surface area contributed by atoms with Crippen molar-refractivity contribution in [3.8, 4) is 17.4 Å². The van der Waals surface area contributed by atoms with E-state index in [-0.39, 0.29) is 0 Å². The van der Waals surface area contributed by atoms with Gasteiger partial charge in [0.1, 0.15) is 6.33 Å². The molecule has 1 amide bonds. The molecular formula is C18H13N5O3. The van der Waals surface area contributed by atoms with Gasteiger partial charge in [0.25, 0.3) is 0 Å². The van der Waals surface area contributed by atoms with Crippen LogP contribution in [0.1, 0.15) is 0 Å². The van der Waals surface area contributed by atoms with Gasteiger partial charge in [0.2, 0.25) is 5.88 Å². The molecule has 0 saturated carbocycles. The van der Waals surface area contributed by atoms with Gasteiger partial charge in [-0.2, -0.15) is 0 Å². The summed E-state index contributed by atoms with van der Waals surface area (Å²) in [5, 5.41) is 3.45. The predicted molar refractivity (Wildman–Crippen MR) is 94.3 cm³/mol. The summed E-state index contributed by atoms with van der Waals surface area (Å²) in [6, 6.07) is 10.8. The average molecular weight is 347 g/mol. The number of H-pyrrole nitrogens is 1. The molecule has 3 aromatic heterocycles. The normalized spacial score (nSPS) is 10.5. The number of carbonyl (C=O) groups excluding carboxylic acids is 1. The maximum atomic E-state index is 12.1. The van der Waals surface area contributed by atoms with Crippen molar-refractivity contribution in [2.75, 3.05) is 5.32 Å². The number of amides is 1. The molecule has 128 valence electrons. The lowest BCUT2D eigenvalue weighted by Gasteiger charge is -2.07. The quantitative estimate of drug-likeness (QED) is 0.583. The van der Waals surface area contributed by atoms with E-state index >= 15 is 0 Å². The van der Waals surface area contributed by atoms with Gasteiger partial charge in [-0.05, 0) is 18.2 Å². The van der Waals surface area contributed by atoms with Crippen molar-refractivity contribution in [2.24, 2.45) is 0 Å². The van der Waals surface area contributed by atoms with Crippen molar-refractivity contribution in [2.45, 2.75) is 0 Å². The van der Waals surface area contributed by atoms with E-state index in [1.54, 1.807) is 18.3 Å². The van der Waals surface area contributed by atoms with Crippen LogP contribution in [0.3, 0.4) is 0 Å². The average Bonchev–Trinajstić information content (AvgIpc) is 3.07. The van der Waals surface area contributed by atoms with E-state index in [2.05, 4.69) is 25.3 Å². The molecule has 0 aliphatic rings. The van der Waals surface area contributed by atoms with Crippen molar-refractivity contribution in [1.29, 1.82) is 0 Å². The highest BCUT2D eigenvalue weighted by Gasteiger charge is 2.10. The Kier molecular flexibility index (Phi) is 4.13. The van der Waals surface area contributed by atoms with Crippen LogP contribution in [0.2, 0.25) is 0 Å². The molecule has 3 heterocycles. The van der Waals surface area contributed by atoms with Crippen LogP contribution in [0.5, 0.6) is 17.4 Å². The van der Waals surface area contributed by atoms with Gasteiger partial charge in [0.15, 0.2) is 11.5 Å². The fraction of sp³-hybridized carbons (Fsp3) is 0. The minimum Gasteiger partial charge on any atom is -0.436 e. The first-order valence-electron chi connectivity index (χ1n) is 7.72. The number of aromatic nitrogens is 4. The van der Waals surface area contributed by atoms with Gasteiger partial charge in [0, 0.05) is 23.2 Å². The first-order valence-corrected chi connectivity index (χ1v) is 7.72. The Hall–Kier alpha value is -3.94. The third kappa shape index (κ3) is 3.44. The van der Waals surface area contributed by atoms with Gasteiger partial charge in [-0.25, -0.2) is 19.7 Å². The molecule has 8 heteroatoms. The first kappa shape index (κ1) is 15.6. The number of fused-ring (bicyclic) bond motifs is 1. The molecule has 1 aromatic carbocycles. The Morgan fingerprint density at radius 1 is 1.04 bits per heavy atom. The fourth-order valence-corrected chi connectivity index (χ4v) is 2.35. The van der Waals surface area contributed by atoms with Crippen LogP contribution in [0, 0.1) is 0 Å². The van der Waals surface area contributed by atoms with Gasteiger partial charge in [-0.15, -0.1) is 0 Å². The molecule has 4 aromatic rings. The van der Waals surface area contributed by atoms with Crippen molar-refractivity contribution in [3.05, 3.63) is 67.5 Å². The second-order valence-corrected chi connectivity index (χ2v) is 5.27. The number of carbonyl (C=O) groups is 1. The zero-order valence-corrected chi connectivity index (χ0v) is 13.4. The van der Waals surface area contributed by atoms with E-state index in [9.17, 15) is 4.79 Å². The number of aromatic amines is 1. The number of benzene rings is 1. The van der Waals surface area contributed by atoms with Crippen LogP contribution in [0.25, 0.3) is 10.9 Å². The monoisotopic (exact) mass is 347 g/mol. The topological polar surface area (TPSA) is 102 Å². The second kappa shape index (κ2) is 6.89. The summed E-state index contributed by atoms with van der Waals surface area (Å²) < 4.78 is 10.8. The predicted octanol–water partition coefficient (Wildman–Crippen LogP) is 3.76. The Morgan fingerprint density at radius 2 is 1.88 bits per heavy atom. The smallest absolute Gasteiger partial charge is 0.417 e. The number of nitrogens with one attached hydrogen (secondary N) is 2. The summed E-state index contributed by atoms with van der Waals surface area (Å²) in [4.78, 5) is 26.9. The van der Waals surface area contributed by atoms with Gasteiger partial charge in [-0.3, -0.25) is 5.32 Å². The van der Waals surface area contributed by atoms with E-state index in [0.717, 1.165) is 10.9 Å². The van der Waals surface area contributed by atoms with Gasteiger partial charge >= 0.3 is 6.09 Å². The van der Waals surface area contributed by atoms with Crippen LogP contribution in [-0.2, 0) is 0 Å². The Labute approximate surface area is 147 Å². The molecule has 0 aliphatic heterocycles.